The zero-order chi connectivity index (χ0) is 17.3. The van der Waals surface area contributed by atoms with Crippen molar-refractivity contribution in [2.24, 2.45) is 0 Å². The van der Waals surface area contributed by atoms with Crippen LogP contribution in [0.4, 0.5) is 0 Å². The van der Waals surface area contributed by atoms with Crippen molar-refractivity contribution in [1.82, 2.24) is 25.5 Å². The van der Waals surface area contributed by atoms with Crippen LogP contribution in [0.3, 0.4) is 0 Å². The van der Waals surface area contributed by atoms with E-state index in [0.29, 0.717) is 18.8 Å². The number of nitrogens with one attached hydrogen (secondary N) is 1. The van der Waals surface area contributed by atoms with Crippen molar-refractivity contribution in [2.75, 3.05) is 0 Å². The van der Waals surface area contributed by atoms with Gasteiger partial charge in [-0.05, 0) is 49.8 Å². The molecule has 7 nitrogen and oxygen atoms in total. The summed E-state index contributed by atoms with van der Waals surface area (Å²) in [6, 6.07) is 6.06. The topological polar surface area (TPSA) is 81.9 Å². The average molecular weight is 329 g/mol. The zero-order valence-electron chi connectivity index (χ0n) is 14.5. The number of carbonyl (C=O) groups is 1. The number of aryl methyl sites for hydroxylation is 3. The van der Waals surface area contributed by atoms with Crippen molar-refractivity contribution in [3.05, 3.63) is 35.2 Å². The maximum atomic E-state index is 12.4. The fraction of sp³-hybridized carbons (Fsp3) is 0.529. The minimum absolute atomic E-state index is 0.0147. The molecular formula is C17H23N5O2. The van der Waals surface area contributed by atoms with Gasteiger partial charge in [-0.3, -0.25) is 4.79 Å². The molecule has 0 saturated heterocycles. The minimum atomic E-state index is -0.314. The number of hydrogen-bond donors (Lipinski definition) is 1. The van der Waals surface area contributed by atoms with Crippen LogP contribution in [-0.4, -0.2) is 31.7 Å². The Balaban J connectivity index is 1.70. The van der Waals surface area contributed by atoms with Gasteiger partial charge in [0.05, 0.1) is 12.6 Å². The largest absolute Gasteiger partial charge is 0.487 e. The summed E-state index contributed by atoms with van der Waals surface area (Å²) in [6.07, 6.45) is 1.07. The molecule has 0 radical (unpaired) electrons. The molecule has 1 atom stereocenters. The summed E-state index contributed by atoms with van der Waals surface area (Å²) in [7, 11) is 0. The number of amides is 1. The second-order valence-corrected chi connectivity index (χ2v) is 6.93. The monoisotopic (exact) mass is 329 g/mol. The smallest absolute Gasteiger partial charge is 0.222 e. The van der Waals surface area contributed by atoms with E-state index in [2.05, 4.69) is 20.8 Å². The Morgan fingerprint density at radius 1 is 1.42 bits per heavy atom. The molecule has 3 rings (SSSR count). The van der Waals surface area contributed by atoms with Crippen molar-refractivity contribution in [3.8, 4) is 5.75 Å². The van der Waals surface area contributed by atoms with Crippen molar-refractivity contribution >= 4 is 5.91 Å². The molecule has 24 heavy (non-hydrogen) atoms. The van der Waals surface area contributed by atoms with Crippen molar-refractivity contribution in [3.63, 3.8) is 0 Å². The second kappa shape index (κ2) is 6.22. The van der Waals surface area contributed by atoms with Gasteiger partial charge in [0, 0.05) is 18.4 Å². The molecular weight excluding hydrogens is 306 g/mol. The second-order valence-electron chi connectivity index (χ2n) is 6.93. The van der Waals surface area contributed by atoms with Gasteiger partial charge in [-0.15, -0.1) is 5.10 Å². The number of rotatable bonds is 4. The molecule has 0 saturated carbocycles. The molecule has 0 aliphatic carbocycles. The molecule has 7 heteroatoms. The number of fused-ring (bicyclic) bond motifs is 1. The third-order valence-corrected chi connectivity index (χ3v) is 4.22. The maximum Gasteiger partial charge on any atom is 0.222 e. The van der Waals surface area contributed by atoms with Crippen LogP contribution in [0.15, 0.2) is 18.2 Å². The molecule has 1 aromatic heterocycles. The van der Waals surface area contributed by atoms with Crippen LogP contribution < -0.4 is 10.1 Å². The Morgan fingerprint density at radius 2 is 2.21 bits per heavy atom. The number of aromatic nitrogens is 4. The van der Waals surface area contributed by atoms with E-state index in [1.165, 1.54) is 0 Å². The van der Waals surface area contributed by atoms with E-state index >= 15 is 0 Å². The molecule has 1 aliphatic rings. The van der Waals surface area contributed by atoms with Crippen LogP contribution in [0, 0.1) is 13.8 Å². The lowest BCUT2D eigenvalue weighted by Crippen LogP contribution is -2.41. The van der Waals surface area contributed by atoms with Crippen molar-refractivity contribution in [2.45, 2.75) is 58.7 Å². The first-order valence-electron chi connectivity index (χ1n) is 8.16. The molecule has 0 spiro atoms. The van der Waals surface area contributed by atoms with E-state index in [-0.39, 0.29) is 17.6 Å². The van der Waals surface area contributed by atoms with Gasteiger partial charge in [0.2, 0.25) is 5.91 Å². The number of carbonyl (C=O) groups excluding carboxylic acids is 1. The lowest BCUT2D eigenvalue weighted by atomic mass is 9.89. The van der Waals surface area contributed by atoms with Gasteiger partial charge < -0.3 is 10.1 Å². The number of tetrazole rings is 1. The van der Waals surface area contributed by atoms with E-state index in [1.54, 1.807) is 4.68 Å². The van der Waals surface area contributed by atoms with E-state index in [9.17, 15) is 4.79 Å². The Labute approximate surface area is 141 Å². The summed E-state index contributed by atoms with van der Waals surface area (Å²) in [5, 5.41) is 14.4. The summed E-state index contributed by atoms with van der Waals surface area (Å²) >= 11 is 0. The van der Waals surface area contributed by atoms with Gasteiger partial charge in [-0.2, -0.15) is 0 Å². The highest BCUT2D eigenvalue weighted by Crippen LogP contribution is 2.39. The molecule has 0 bridgehead atoms. The quantitative estimate of drug-likeness (QED) is 0.929. The lowest BCUT2D eigenvalue weighted by Gasteiger charge is -2.38. The first-order valence-corrected chi connectivity index (χ1v) is 8.16. The fourth-order valence-electron chi connectivity index (χ4n) is 3.02. The highest BCUT2D eigenvalue weighted by atomic mass is 16.5. The maximum absolute atomic E-state index is 12.4. The SMILES string of the molecule is Cc1ccc2c(c1)OC(C)(C)C[C@H]2NC(=O)CCn1nnnc1C. The van der Waals surface area contributed by atoms with Crippen LogP contribution in [0.2, 0.25) is 0 Å². The number of benzene rings is 1. The van der Waals surface area contributed by atoms with Crippen LogP contribution in [0.1, 0.15) is 49.7 Å². The molecule has 1 aromatic carbocycles. The lowest BCUT2D eigenvalue weighted by molar-refractivity contribution is -0.122. The van der Waals surface area contributed by atoms with E-state index in [1.807, 2.05) is 45.9 Å². The van der Waals surface area contributed by atoms with Gasteiger partial charge in [-0.1, -0.05) is 12.1 Å². The number of ether oxygens (including phenoxy) is 1. The van der Waals surface area contributed by atoms with E-state index in [4.69, 9.17) is 4.74 Å². The predicted octanol–water partition coefficient (Wildman–Crippen LogP) is 2.10. The molecule has 1 amide bonds. The standard InChI is InChI=1S/C17H23N5O2/c1-11-5-6-13-14(10-17(3,4)24-15(13)9-11)18-16(23)7-8-22-12(2)19-20-21-22/h5-6,9,14H,7-8,10H2,1-4H3,(H,18,23)/t14-/m1/s1. The summed E-state index contributed by atoms with van der Waals surface area (Å²) < 4.78 is 7.69. The van der Waals surface area contributed by atoms with Crippen LogP contribution in [0.25, 0.3) is 0 Å². The molecule has 0 unspecified atom stereocenters. The van der Waals surface area contributed by atoms with Crippen molar-refractivity contribution < 1.29 is 9.53 Å². The number of hydrogen-bond acceptors (Lipinski definition) is 5. The molecule has 2 aromatic rings. The molecule has 128 valence electrons. The normalized spacial score (nSPS) is 18.6. The summed E-state index contributed by atoms with van der Waals surface area (Å²) in [4.78, 5) is 12.4. The van der Waals surface area contributed by atoms with Crippen molar-refractivity contribution in [1.29, 1.82) is 0 Å². The van der Waals surface area contributed by atoms with Crippen LogP contribution >= 0.6 is 0 Å². The Kier molecular flexibility index (Phi) is 4.26. The van der Waals surface area contributed by atoms with Crippen LogP contribution in [-0.2, 0) is 11.3 Å². The summed E-state index contributed by atoms with van der Waals surface area (Å²) in [6.45, 7) is 8.41. The van der Waals surface area contributed by atoms with E-state index in [0.717, 1.165) is 23.3 Å². The predicted molar refractivity (Wildman–Crippen MR) is 88.6 cm³/mol. The molecule has 0 fully saturated rings. The first kappa shape index (κ1) is 16.4. The Hall–Kier alpha value is -2.44. The first-order chi connectivity index (χ1) is 11.3. The average Bonchev–Trinajstić information content (AvgIpc) is 2.88. The van der Waals surface area contributed by atoms with Gasteiger partial charge in [0.15, 0.2) is 0 Å². The Bertz CT molecular complexity index is 753. The fourth-order valence-corrected chi connectivity index (χ4v) is 3.02. The third kappa shape index (κ3) is 3.55. The van der Waals surface area contributed by atoms with Gasteiger partial charge >= 0.3 is 0 Å². The molecule has 1 aliphatic heterocycles. The highest BCUT2D eigenvalue weighted by molar-refractivity contribution is 5.76. The zero-order valence-corrected chi connectivity index (χ0v) is 14.5. The molecule has 1 N–H and O–H groups in total. The summed E-state index contributed by atoms with van der Waals surface area (Å²) in [5.41, 5.74) is 1.86. The van der Waals surface area contributed by atoms with Gasteiger partial charge in [0.1, 0.15) is 17.2 Å². The summed E-state index contributed by atoms with van der Waals surface area (Å²) in [5.74, 6) is 1.54. The number of nitrogens with zero attached hydrogens (tertiary/aromatic N) is 4. The highest BCUT2D eigenvalue weighted by Gasteiger charge is 2.34. The van der Waals surface area contributed by atoms with E-state index < -0.39 is 0 Å². The van der Waals surface area contributed by atoms with Gasteiger partial charge in [0.25, 0.3) is 0 Å². The van der Waals surface area contributed by atoms with Gasteiger partial charge in [-0.25, -0.2) is 4.68 Å². The Morgan fingerprint density at radius 3 is 2.92 bits per heavy atom. The minimum Gasteiger partial charge on any atom is -0.487 e. The van der Waals surface area contributed by atoms with Crippen LogP contribution in [0.5, 0.6) is 5.75 Å². The third-order valence-electron chi connectivity index (χ3n) is 4.22. The molecule has 2 heterocycles.